The number of nitrogens with two attached hydrogens (primary N) is 1. The predicted molar refractivity (Wildman–Crippen MR) is 90.6 cm³/mol. The molecule has 1 heterocycles. The van der Waals surface area contributed by atoms with Crippen LogP contribution in [0.2, 0.25) is 0 Å². The Hall–Kier alpha value is -2.67. The molecule has 0 spiro atoms. The molecule has 0 saturated carbocycles. The van der Waals surface area contributed by atoms with Gasteiger partial charge in [-0.1, -0.05) is 31.5 Å². The Morgan fingerprint density at radius 3 is 2.71 bits per heavy atom. The Kier molecular flexibility index (Phi) is 5.70. The molecule has 0 amide bonds. The number of carbonyl (C=O) groups excluding carboxylic acids is 1. The lowest BCUT2D eigenvalue weighted by atomic mass is 10.0. The first kappa shape index (κ1) is 17.7. The maximum atomic E-state index is 12.8. The van der Waals surface area contributed by atoms with Crippen LogP contribution in [0.25, 0.3) is 10.9 Å². The number of hydrogen-bond acceptors (Lipinski definition) is 5. The molecule has 0 bridgehead atoms. The Bertz CT molecular complexity index is 766. The van der Waals surface area contributed by atoms with Crippen LogP contribution in [0.3, 0.4) is 0 Å². The van der Waals surface area contributed by atoms with Crippen molar-refractivity contribution >= 4 is 29.0 Å². The summed E-state index contributed by atoms with van der Waals surface area (Å²) in [7, 11) is 0. The van der Waals surface area contributed by atoms with Crippen LogP contribution >= 0.6 is 0 Å². The monoisotopic (exact) mass is 331 g/mol. The van der Waals surface area contributed by atoms with Gasteiger partial charge < -0.3 is 16.0 Å². The number of aliphatic carboxylic acids is 1. The largest absolute Gasteiger partial charge is 0.480 e. The molecule has 0 aliphatic carbocycles. The quantitative estimate of drug-likeness (QED) is 0.408. The fourth-order valence-corrected chi connectivity index (χ4v) is 2.75. The Morgan fingerprint density at radius 2 is 2.08 bits per heavy atom. The summed E-state index contributed by atoms with van der Waals surface area (Å²) in [4.78, 5) is 23.8. The topological polar surface area (TPSA) is 118 Å². The molecule has 0 fully saturated rings. The first-order valence-corrected chi connectivity index (χ1v) is 7.78. The Labute approximate surface area is 139 Å². The van der Waals surface area contributed by atoms with Gasteiger partial charge in [0.25, 0.3) is 0 Å². The van der Waals surface area contributed by atoms with E-state index in [1.54, 1.807) is 12.3 Å². The minimum Gasteiger partial charge on any atom is -0.480 e. The van der Waals surface area contributed by atoms with E-state index in [0.717, 1.165) is 11.8 Å². The fraction of sp³-hybridized carbons (Fsp3) is 0.353. The third-order valence-corrected chi connectivity index (χ3v) is 3.95. The summed E-state index contributed by atoms with van der Waals surface area (Å²) in [5, 5.41) is 21.6. The molecule has 24 heavy (non-hydrogen) atoms. The summed E-state index contributed by atoms with van der Waals surface area (Å²) in [6, 6.07) is 6.22. The van der Waals surface area contributed by atoms with Gasteiger partial charge in [-0.25, -0.2) is 0 Å². The van der Waals surface area contributed by atoms with E-state index in [0.29, 0.717) is 17.5 Å². The van der Waals surface area contributed by atoms with Crippen molar-refractivity contribution in [3.05, 3.63) is 36.0 Å². The maximum Gasteiger partial charge on any atom is 0.320 e. The van der Waals surface area contributed by atoms with Crippen molar-refractivity contribution in [2.45, 2.75) is 32.2 Å². The lowest BCUT2D eigenvalue weighted by molar-refractivity contribution is -0.138. The van der Waals surface area contributed by atoms with Crippen LogP contribution in [0.1, 0.15) is 30.1 Å². The number of para-hydroxylation sites is 1. The van der Waals surface area contributed by atoms with E-state index in [1.165, 1.54) is 10.8 Å². The van der Waals surface area contributed by atoms with Gasteiger partial charge in [0.1, 0.15) is 6.04 Å². The van der Waals surface area contributed by atoms with Crippen molar-refractivity contribution in [1.29, 1.82) is 0 Å². The van der Waals surface area contributed by atoms with Gasteiger partial charge in [0.2, 0.25) is 5.91 Å². The number of oxime groups is 1. The summed E-state index contributed by atoms with van der Waals surface area (Å²) in [5.74, 6) is -1.85. The number of nitrogens with zero attached hydrogens (tertiary/aromatic N) is 2. The Morgan fingerprint density at radius 1 is 1.38 bits per heavy atom. The zero-order valence-electron chi connectivity index (χ0n) is 13.4. The summed E-state index contributed by atoms with van der Waals surface area (Å²) in [5.41, 5.74) is 7.01. The van der Waals surface area contributed by atoms with Crippen LogP contribution in [-0.2, 0) is 11.2 Å². The van der Waals surface area contributed by atoms with Crippen molar-refractivity contribution in [1.82, 2.24) is 4.57 Å². The van der Waals surface area contributed by atoms with E-state index in [1.807, 2.05) is 25.1 Å². The van der Waals surface area contributed by atoms with Crippen LogP contribution in [-0.4, -0.2) is 39.0 Å². The molecule has 2 unspecified atom stereocenters. The summed E-state index contributed by atoms with van der Waals surface area (Å²) >= 11 is 0. The molecule has 2 rings (SSSR count). The molecule has 128 valence electrons. The van der Waals surface area contributed by atoms with Crippen molar-refractivity contribution < 1.29 is 19.9 Å². The zero-order valence-corrected chi connectivity index (χ0v) is 13.4. The first-order chi connectivity index (χ1) is 11.5. The molecule has 4 N–H and O–H groups in total. The average Bonchev–Trinajstić information content (AvgIpc) is 2.93. The predicted octanol–water partition coefficient (Wildman–Crippen LogP) is 2.11. The second-order valence-corrected chi connectivity index (χ2v) is 5.69. The van der Waals surface area contributed by atoms with Crippen LogP contribution in [0.5, 0.6) is 0 Å². The normalized spacial score (nSPS) is 14.1. The van der Waals surface area contributed by atoms with Gasteiger partial charge in [-0.3, -0.25) is 14.2 Å². The molecule has 7 heteroatoms. The smallest absolute Gasteiger partial charge is 0.320 e. The highest BCUT2D eigenvalue weighted by atomic mass is 16.4. The van der Waals surface area contributed by atoms with Gasteiger partial charge in [-0.2, -0.15) is 0 Å². The fourth-order valence-electron chi connectivity index (χ4n) is 2.75. The molecule has 7 nitrogen and oxygen atoms in total. The van der Waals surface area contributed by atoms with Gasteiger partial charge in [0.15, 0.2) is 0 Å². The van der Waals surface area contributed by atoms with Crippen molar-refractivity contribution in [3.8, 4) is 0 Å². The maximum absolute atomic E-state index is 12.8. The Balaban J connectivity index is 2.47. The molecular formula is C17H21N3O4. The molecule has 0 aliphatic heterocycles. The van der Waals surface area contributed by atoms with Gasteiger partial charge in [-0.15, -0.1) is 5.16 Å². The second kappa shape index (κ2) is 7.74. The molecule has 2 atom stereocenters. The van der Waals surface area contributed by atoms with Crippen LogP contribution in [0.4, 0.5) is 0 Å². The molecule has 0 saturated heterocycles. The molecule has 2 aromatic rings. The van der Waals surface area contributed by atoms with Gasteiger partial charge in [-0.05, 0) is 18.1 Å². The van der Waals surface area contributed by atoms with Crippen molar-refractivity contribution in [3.63, 3.8) is 0 Å². The van der Waals surface area contributed by atoms with Crippen molar-refractivity contribution in [2.75, 3.05) is 0 Å². The highest BCUT2D eigenvalue weighted by molar-refractivity contribution is 6.01. The minimum atomic E-state index is -1.09. The van der Waals surface area contributed by atoms with Crippen molar-refractivity contribution in [2.24, 2.45) is 16.8 Å². The highest BCUT2D eigenvalue weighted by Gasteiger charge is 2.22. The number of carboxylic acids is 1. The lowest BCUT2D eigenvalue weighted by Gasteiger charge is -2.11. The zero-order chi connectivity index (χ0) is 17.7. The van der Waals surface area contributed by atoms with E-state index in [4.69, 9.17) is 16.0 Å². The lowest BCUT2D eigenvalue weighted by Crippen LogP contribution is -2.32. The number of benzene rings is 1. The van der Waals surface area contributed by atoms with E-state index in [-0.39, 0.29) is 12.3 Å². The second-order valence-electron chi connectivity index (χ2n) is 5.69. The SMILES string of the molecule is CCCC(/C=N/O)C(=O)n1cc(CC(N)C(=O)O)c2ccccc21. The standard InChI is InChI=1S/C17H21N3O4/c1-2-5-11(9-19-24)16(21)20-10-12(8-14(18)17(22)23)13-6-3-4-7-15(13)20/h3-4,6-7,9-11,14,24H,2,5,8,18H2,1H3,(H,22,23)/b19-9+. The average molecular weight is 331 g/mol. The summed E-state index contributed by atoms with van der Waals surface area (Å²) in [6.07, 6.45) is 4.30. The number of hydrogen-bond donors (Lipinski definition) is 3. The molecular weight excluding hydrogens is 310 g/mol. The van der Waals surface area contributed by atoms with E-state index < -0.39 is 17.9 Å². The van der Waals surface area contributed by atoms with Crippen LogP contribution in [0.15, 0.2) is 35.6 Å². The van der Waals surface area contributed by atoms with Gasteiger partial charge in [0.05, 0.1) is 17.6 Å². The first-order valence-electron chi connectivity index (χ1n) is 7.78. The van der Waals surface area contributed by atoms with E-state index in [2.05, 4.69) is 5.16 Å². The third kappa shape index (κ3) is 3.62. The summed E-state index contributed by atoms with van der Waals surface area (Å²) < 4.78 is 1.49. The van der Waals surface area contributed by atoms with E-state index in [9.17, 15) is 9.59 Å². The highest BCUT2D eigenvalue weighted by Crippen LogP contribution is 2.24. The summed E-state index contributed by atoms with van der Waals surface area (Å²) in [6.45, 7) is 1.94. The molecule has 0 aliphatic rings. The minimum absolute atomic E-state index is 0.128. The number of rotatable bonds is 7. The van der Waals surface area contributed by atoms with E-state index >= 15 is 0 Å². The molecule has 1 aromatic heterocycles. The van der Waals surface area contributed by atoms with Gasteiger partial charge in [0, 0.05) is 18.0 Å². The number of fused-ring (bicyclic) bond motifs is 1. The molecule has 0 radical (unpaired) electrons. The number of aromatic nitrogens is 1. The van der Waals surface area contributed by atoms with Gasteiger partial charge >= 0.3 is 5.97 Å². The number of carboxylic acid groups (broad SMARTS) is 1. The van der Waals surface area contributed by atoms with Crippen LogP contribution in [0, 0.1) is 5.92 Å². The third-order valence-electron chi connectivity index (χ3n) is 3.95. The van der Waals surface area contributed by atoms with Crippen LogP contribution < -0.4 is 5.73 Å². The molecule has 1 aromatic carbocycles. The number of carbonyl (C=O) groups is 2.